The lowest BCUT2D eigenvalue weighted by atomic mass is 9.82. The summed E-state index contributed by atoms with van der Waals surface area (Å²) in [6.07, 6.45) is 0. The van der Waals surface area contributed by atoms with Crippen LogP contribution in [0.5, 0.6) is 0 Å². The number of rotatable bonds is 7. The van der Waals surface area contributed by atoms with Gasteiger partial charge in [-0.2, -0.15) is 0 Å². The number of carboxylic acid groups (broad SMARTS) is 1. The average molecular weight is 396 g/mol. The molecule has 0 fully saturated rings. The Labute approximate surface area is 156 Å². The van der Waals surface area contributed by atoms with Crippen molar-refractivity contribution in [2.24, 2.45) is 0 Å². The molecular formula is C17H20N2O5S2. The Morgan fingerprint density at radius 2 is 1.81 bits per heavy atom. The molecule has 0 aliphatic heterocycles. The molecule has 7 nitrogen and oxygen atoms in total. The SMILES string of the molecule is CN(C)S(=O)(=O)c1ccsc1C(=O)NCC(C)(C(=O)O)c1ccccc1. The van der Waals surface area contributed by atoms with Crippen LogP contribution in [0.4, 0.5) is 0 Å². The van der Waals surface area contributed by atoms with E-state index in [1.165, 1.54) is 32.5 Å². The van der Waals surface area contributed by atoms with E-state index in [1.54, 1.807) is 30.3 Å². The zero-order valence-electron chi connectivity index (χ0n) is 14.6. The molecule has 0 saturated heterocycles. The van der Waals surface area contributed by atoms with Crippen LogP contribution in [0.2, 0.25) is 0 Å². The minimum Gasteiger partial charge on any atom is -0.481 e. The van der Waals surface area contributed by atoms with E-state index < -0.39 is 27.3 Å². The lowest BCUT2D eigenvalue weighted by molar-refractivity contribution is -0.142. The van der Waals surface area contributed by atoms with Gasteiger partial charge in [-0.05, 0) is 23.9 Å². The number of thiophene rings is 1. The van der Waals surface area contributed by atoms with Gasteiger partial charge in [-0.15, -0.1) is 11.3 Å². The summed E-state index contributed by atoms with van der Waals surface area (Å²) < 4.78 is 25.6. The average Bonchev–Trinajstić information content (AvgIpc) is 3.10. The Balaban J connectivity index is 2.26. The molecule has 1 heterocycles. The van der Waals surface area contributed by atoms with E-state index in [0.717, 1.165) is 15.6 Å². The normalized spacial score (nSPS) is 14.0. The third kappa shape index (κ3) is 3.79. The van der Waals surface area contributed by atoms with Crippen molar-refractivity contribution in [2.75, 3.05) is 20.6 Å². The number of nitrogens with zero attached hydrogens (tertiary/aromatic N) is 1. The van der Waals surface area contributed by atoms with Gasteiger partial charge >= 0.3 is 5.97 Å². The van der Waals surface area contributed by atoms with Crippen molar-refractivity contribution in [1.82, 2.24) is 9.62 Å². The first kappa shape index (κ1) is 20.1. The van der Waals surface area contributed by atoms with E-state index in [0.29, 0.717) is 5.56 Å². The van der Waals surface area contributed by atoms with Crippen LogP contribution in [-0.4, -0.2) is 50.3 Å². The Morgan fingerprint density at radius 1 is 1.19 bits per heavy atom. The maximum absolute atomic E-state index is 12.5. The molecule has 1 atom stereocenters. The van der Waals surface area contributed by atoms with E-state index >= 15 is 0 Å². The van der Waals surface area contributed by atoms with Gasteiger partial charge in [-0.1, -0.05) is 30.3 Å². The molecule has 0 radical (unpaired) electrons. The van der Waals surface area contributed by atoms with Gasteiger partial charge in [0.2, 0.25) is 10.0 Å². The topological polar surface area (TPSA) is 104 Å². The molecule has 2 rings (SSSR count). The summed E-state index contributed by atoms with van der Waals surface area (Å²) in [5.74, 6) is -1.71. The predicted octanol–water partition coefficient (Wildman–Crippen LogP) is 1.77. The van der Waals surface area contributed by atoms with Gasteiger partial charge in [0.05, 0.1) is 0 Å². The van der Waals surface area contributed by atoms with Gasteiger partial charge in [0.25, 0.3) is 5.91 Å². The third-order valence-electron chi connectivity index (χ3n) is 4.08. The second-order valence-corrected chi connectivity index (χ2v) is 9.12. The fourth-order valence-electron chi connectivity index (χ4n) is 2.31. The zero-order chi connectivity index (χ0) is 19.5. The highest BCUT2D eigenvalue weighted by Gasteiger charge is 2.36. The van der Waals surface area contributed by atoms with E-state index in [4.69, 9.17) is 0 Å². The molecule has 0 saturated carbocycles. The number of hydrogen-bond donors (Lipinski definition) is 2. The Hall–Kier alpha value is -2.23. The van der Waals surface area contributed by atoms with Gasteiger partial charge < -0.3 is 10.4 Å². The molecule has 1 aromatic carbocycles. The molecule has 1 amide bonds. The van der Waals surface area contributed by atoms with Crippen molar-refractivity contribution in [3.05, 3.63) is 52.2 Å². The monoisotopic (exact) mass is 396 g/mol. The molecule has 9 heteroatoms. The minimum atomic E-state index is -3.76. The van der Waals surface area contributed by atoms with Crippen molar-refractivity contribution in [2.45, 2.75) is 17.2 Å². The second kappa shape index (κ2) is 7.56. The summed E-state index contributed by atoms with van der Waals surface area (Å²) in [6.45, 7) is 1.33. The summed E-state index contributed by atoms with van der Waals surface area (Å²) in [6, 6.07) is 9.93. The quantitative estimate of drug-likeness (QED) is 0.742. The summed E-state index contributed by atoms with van der Waals surface area (Å²) in [4.78, 5) is 24.2. The predicted molar refractivity (Wildman–Crippen MR) is 99.0 cm³/mol. The van der Waals surface area contributed by atoms with E-state index in [-0.39, 0.29) is 16.3 Å². The van der Waals surface area contributed by atoms with Gasteiger partial charge in [-0.25, -0.2) is 12.7 Å². The maximum atomic E-state index is 12.5. The largest absolute Gasteiger partial charge is 0.481 e. The number of aliphatic carboxylic acids is 1. The van der Waals surface area contributed by atoms with Crippen LogP contribution >= 0.6 is 11.3 Å². The summed E-state index contributed by atoms with van der Waals surface area (Å²) in [5, 5.41) is 13.7. The number of hydrogen-bond acceptors (Lipinski definition) is 5. The first-order valence-electron chi connectivity index (χ1n) is 7.68. The number of amides is 1. The van der Waals surface area contributed by atoms with Crippen LogP contribution in [0, 0.1) is 0 Å². The van der Waals surface area contributed by atoms with Crippen LogP contribution in [0.25, 0.3) is 0 Å². The molecule has 0 spiro atoms. The zero-order valence-corrected chi connectivity index (χ0v) is 16.2. The number of nitrogens with one attached hydrogen (secondary N) is 1. The second-order valence-electron chi connectivity index (χ2n) is 6.09. The van der Waals surface area contributed by atoms with Crippen molar-refractivity contribution in [1.29, 1.82) is 0 Å². The highest BCUT2D eigenvalue weighted by atomic mass is 32.2. The molecule has 1 aromatic heterocycles. The number of carboxylic acids is 1. The van der Waals surface area contributed by atoms with Crippen molar-refractivity contribution in [3.8, 4) is 0 Å². The van der Waals surface area contributed by atoms with Crippen molar-refractivity contribution in [3.63, 3.8) is 0 Å². The van der Waals surface area contributed by atoms with Gasteiger partial charge in [0, 0.05) is 20.6 Å². The van der Waals surface area contributed by atoms with Crippen LogP contribution in [0.3, 0.4) is 0 Å². The van der Waals surface area contributed by atoms with Crippen molar-refractivity contribution < 1.29 is 23.1 Å². The van der Waals surface area contributed by atoms with Crippen LogP contribution in [0.1, 0.15) is 22.2 Å². The van der Waals surface area contributed by atoms with E-state index in [1.807, 2.05) is 0 Å². The Bertz CT molecular complexity index is 906. The Kier molecular flexibility index (Phi) is 5.84. The van der Waals surface area contributed by atoms with Crippen LogP contribution in [0.15, 0.2) is 46.7 Å². The fraction of sp³-hybridized carbons (Fsp3) is 0.294. The first-order valence-corrected chi connectivity index (χ1v) is 10.00. The van der Waals surface area contributed by atoms with Gasteiger partial charge in [0.1, 0.15) is 15.2 Å². The first-order chi connectivity index (χ1) is 12.1. The molecule has 0 aliphatic carbocycles. The summed E-state index contributed by atoms with van der Waals surface area (Å²) >= 11 is 0.991. The molecule has 0 aliphatic rings. The van der Waals surface area contributed by atoms with E-state index in [2.05, 4.69) is 5.32 Å². The van der Waals surface area contributed by atoms with Crippen molar-refractivity contribution >= 4 is 33.2 Å². The molecular weight excluding hydrogens is 376 g/mol. The van der Waals surface area contributed by atoms with Crippen LogP contribution in [-0.2, 0) is 20.2 Å². The summed E-state index contributed by atoms with van der Waals surface area (Å²) in [5.41, 5.74) is -0.797. The Morgan fingerprint density at radius 3 is 2.35 bits per heavy atom. The lowest BCUT2D eigenvalue weighted by Crippen LogP contribution is -2.44. The number of benzene rings is 1. The minimum absolute atomic E-state index is 0.0273. The highest BCUT2D eigenvalue weighted by Crippen LogP contribution is 2.26. The van der Waals surface area contributed by atoms with Gasteiger partial charge in [-0.3, -0.25) is 9.59 Å². The smallest absolute Gasteiger partial charge is 0.315 e. The molecule has 2 aromatic rings. The third-order valence-corrected chi connectivity index (χ3v) is 6.98. The standard InChI is InChI=1S/C17H20N2O5S2/c1-17(16(21)22,12-7-5-4-6-8-12)11-18-15(20)14-13(9-10-25-14)26(23,24)19(2)3/h4-10H,11H2,1-3H3,(H,18,20)(H,21,22). The van der Waals surface area contributed by atoms with E-state index in [9.17, 15) is 23.1 Å². The lowest BCUT2D eigenvalue weighted by Gasteiger charge is -2.25. The maximum Gasteiger partial charge on any atom is 0.315 e. The number of carbonyl (C=O) groups excluding carboxylic acids is 1. The fourth-order valence-corrected chi connectivity index (χ4v) is 4.52. The molecule has 26 heavy (non-hydrogen) atoms. The highest BCUT2D eigenvalue weighted by molar-refractivity contribution is 7.89. The molecule has 2 N–H and O–H groups in total. The van der Waals surface area contributed by atoms with Crippen LogP contribution < -0.4 is 5.32 Å². The molecule has 0 bridgehead atoms. The summed E-state index contributed by atoms with van der Waals surface area (Å²) in [7, 11) is -1.00. The number of sulfonamides is 1. The van der Waals surface area contributed by atoms with Gasteiger partial charge in [0.15, 0.2) is 0 Å². The molecule has 140 valence electrons. The number of carbonyl (C=O) groups is 2. The molecule has 1 unspecified atom stereocenters.